The van der Waals surface area contributed by atoms with Gasteiger partial charge in [-0.25, -0.2) is 4.98 Å². The van der Waals surface area contributed by atoms with Crippen LogP contribution in [0.15, 0.2) is 49.5 Å². The highest BCUT2D eigenvalue weighted by atomic mass is 14.9. The second-order valence-electron chi connectivity index (χ2n) is 2.99. The highest BCUT2D eigenvalue weighted by molar-refractivity contribution is 5.79. The first kappa shape index (κ1) is 8.56. The quantitative estimate of drug-likeness (QED) is 0.722. The van der Waals surface area contributed by atoms with E-state index < -0.39 is 0 Å². The third-order valence-corrected chi connectivity index (χ3v) is 1.95. The summed E-state index contributed by atoms with van der Waals surface area (Å²) in [5, 5.41) is 4.16. The predicted octanol–water partition coefficient (Wildman–Crippen LogP) is 2.67. The molecule has 0 saturated carbocycles. The Morgan fingerprint density at radius 2 is 2.43 bits per heavy atom. The van der Waals surface area contributed by atoms with Gasteiger partial charge in [0.05, 0.1) is 11.9 Å². The van der Waals surface area contributed by atoms with Crippen molar-refractivity contribution in [1.82, 2.24) is 9.97 Å². The number of anilines is 1. The Hall–Kier alpha value is -2.03. The molecule has 3 heteroatoms. The lowest BCUT2D eigenvalue weighted by Crippen LogP contribution is -1.94. The number of H-pyrrole nitrogens is 1. The third-order valence-electron chi connectivity index (χ3n) is 1.95. The van der Waals surface area contributed by atoms with Gasteiger partial charge in [-0.2, -0.15) is 0 Å². The van der Waals surface area contributed by atoms with E-state index in [0.717, 1.165) is 22.4 Å². The van der Waals surface area contributed by atoms with E-state index in [0.29, 0.717) is 0 Å². The van der Waals surface area contributed by atoms with Crippen LogP contribution in [0, 0.1) is 0 Å². The molecule has 0 amide bonds. The molecule has 70 valence electrons. The molecule has 14 heavy (non-hydrogen) atoms. The summed E-state index contributed by atoms with van der Waals surface area (Å²) in [7, 11) is 0. The van der Waals surface area contributed by atoms with Gasteiger partial charge in [-0.1, -0.05) is 13.2 Å². The molecule has 2 heterocycles. The van der Waals surface area contributed by atoms with Gasteiger partial charge in [-0.15, -0.1) is 0 Å². The van der Waals surface area contributed by atoms with Crippen LogP contribution in [0.1, 0.15) is 0 Å². The van der Waals surface area contributed by atoms with Crippen molar-refractivity contribution < 1.29 is 0 Å². The van der Waals surface area contributed by atoms with Crippen LogP contribution in [0.2, 0.25) is 0 Å². The van der Waals surface area contributed by atoms with Crippen LogP contribution in [0.25, 0.3) is 11.0 Å². The maximum absolute atomic E-state index is 4.24. The first-order valence-corrected chi connectivity index (χ1v) is 4.31. The van der Waals surface area contributed by atoms with Gasteiger partial charge in [0, 0.05) is 17.3 Å². The minimum atomic E-state index is 0.765. The Labute approximate surface area is 82.2 Å². The van der Waals surface area contributed by atoms with E-state index in [1.165, 1.54) is 0 Å². The van der Waals surface area contributed by atoms with Gasteiger partial charge in [0.2, 0.25) is 0 Å². The van der Waals surface area contributed by atoms with Gasteiger partial charge in [0.15, 0.2) is 0 Å². The third kappa shape index (κ3) is 1.52. The molecule has 0 fully saturated rings. The first-order chi connectivity index (χ1) is 6.79. The molecule has 0 bridgehead atoms. The van der Waals surface area contributed by atoms with Crippen LogP contribution in [0.3, 0.4) is 0 Å². The van der Waals surface area contributed by atoms with Crippen molar-refractivity contribution in [2.24, 2.45) is 0 Å². The number of hydrogen-bond donors (Lipinski definition) is 2. The minimum Gasteiger partial charge on any atom is -0.355 e. The molecular formula is C11H11N3. The summed E-state index contributed by atoms with van der Waals surface area (Å²) < 4.78 is 0. The fourth-order valence-corrected chi connectivity index (χ4v) is 1.24. The SMILES string of the molecule is C=CC(=C)Nc1cnc2[nH]ccc2c1. The second kappa shape index (κ2) is 3.38. The van der Waals surface area contributed by atoms with E-state index in [1.54, 1.807) is 12.3 Å². The Kier molecular flexibility index (Phi) is 2.07. The van der Waals surface area contributed by atoms with E-state index in [9.17, 15) is 0 Å². The standard InChI is InChI=1S/C11H11N3/c1-3-8(2)14-10-6-9-4-5-12-11(9)13-7-10/h3-7,14H,1-2H2,(H,12,13). The van der Waals surface area contributed by atoms with Gasteiger partial charge in [-0.05, 0) is 18.2 Å². The van der Waals surface area contributed by atoms with Crippen LogP contribution < -0.4 is 5.32 Å². The molecule has 0 aliphatic carbocycles. The number of fused-ring (bicyclic) bond motifs is 1. The summed E-state index contributed by atoms with van der Waals surface area (Å²) in [4.78, 5) is 7.27. The smallest absolute Gasteiger partial charge is 0.137 e. The summed E-state index contributed by atoms with van der Waals surface area (Å²) in [6, 6.07) is 3.98. The van der Waals surface area contributed by atoms with Gasteiger partial charge in [-0.3, -0.25) is 0 Å². The minimum absolute atomic E-state index is 0.765. The molecular weight excluding hydrogens is 174 g/mol. The molecule has 2 aromatic heterocycles. The lowest BCUT2D eigenvalue weighted by molar-refractivity contribution is 1.32. The van der Waals surface area contributed by atoms with E-state index in [-0.39, 0.29) is 0 Å². The Morgan fingerprint density at radius 1 is 1.57 bits per heavy atom. The largest absolute Gasteiger partial charge is 0.355 e. The number of hydrogen-bond acceptors (Lipinski definition) is 2. The average Bonchev–Trinajstić information content (AvgIpc) is 2.64. The highest BCUT2D eigenvalue weighted by Gasteiger charge is 1.97. The normalized spacial score (nSPS) is 10.0. The van der Waals surface area contributed by atoms with Gasteiger partial charge in [0.25, 0.3) is 0 Å². The van der Waals surface area contributed by atoms with Gasteiger partial charge >= 0.3 is 0 Å². The maximum atomic E-state index is 4.24. The van der Waals surface area contributed by atoms with Gasteiger partial charge in [0.1, 0.15) is 5.65 Å². The fourth-order valence-electron chi connectivity index (χ4n) is 1.24. The lowest BCUT2D eigenvalue weighted by Gasteiger charge is -2.04. The molecule has 0 aromatic carbocycles. The van der Waals surface area contributed by atoms with Crippen LogP contribution in [-0.2, 0) is 0 Å². The summed E-state index contributed by atoms with van der Waals surface area (Å²) in [6.45, 7) is 7.39. The fraction of sp³-hybridized carbons (Fsp3) is 0. The average molecular weight is 185 g/mol. The zero-order valence-corrected chi connectivity index (χ0v) is 7.75. The Morgan fingerprint density at radius 3 is 3.21 bits per heavy atom. The molecule has 2 aromatic rings. The molecule has 3 nitrogen and oxygen atoms in total. The monoisotopic (exact) mass is 185 g/mol. The lowest BCUT2D eigenvalue weighted by atomic mass is 10.3. The zero-order chi connectivity index (χ0) is 9.97. The molecule has 0 aliphatic heterocycles. The van der Waals surface area contributed by atoms with Crippen molar-refractivity contribution in [2.45, 2.75) is 0 Å². The van der Waals surface area contributed by atoms with Gasteiger partial charge < -0.3 is 10.3 Å². The van der Waals surface area contributed by atoms with Crippen molar-refractivity contribution in [2.75, 3.05) is 5.32 Å². The highest BCUT2D eigenvalue weighted by Crippen LogP contribution is 2.16. The van der Waals surface area contributed by atoms with Crippen molar-refractivity contribution in [3.8, 4) is 0 Å². The van der Waals surface area contributed by atoms with Crippen molar-refractivity contribution in [3.63, 3.8) is 0 Å². The van der Waals surface area contributed by atoms with Crippen molar-refractivity contribution >= 4 is 16.7 Å². The number of aromatic nitrogens is 2. The van der Waals surface area contributed by atoms with Crippen LogP contribution in [0.4, 0.5) is 5.69 Å². The molecule has 0 radical (unpaired) electrons. The van der Waals surface area contributed by atoms with E-state index in [2.05, 4.69) is 28.4 Å². The van der Waals surface area contributed by atoms with Crippen LogP contribution >= 0.6 is 0 Å². The topological polar surface area (TPSA) is 40.7 Å². The zero-order valence-electron chi connectivity index (χ0n) is 7.75. The first-order valence-electron chi connectivity index (χ1n) is 4.31. The second-order valence-corrected chi connectivity index (χ2v) is 2.99. The summed E-state index contributed by atoms with van der Waals surface area (Å²) in [5.74, 6) is 0. The summed E-state index contributed by atoms with van der Waals surface area (Å²) >= 11 is 0. The number of aromatic amines is 1. The number of pyridine rings is 1. The number of nitrogens with zero attached hydrogens (tertiary/aromatic N) is 1. The van der Waals surface area contributed by atoms with Crippen LogP contribution in [0.5, 0.6) is 0 Å². The molecule has 2 N–H and O–H groups in total. The summed E-state index contributed by atoms with van der Waals surface area (Å²) in [5.41, 5.74) is 2.57. The number of allylic oxidation sites excluding steroid dienone is 1. The Balaban J connectivity index is 2.34. The Bertz CT molecular complexity index is 482. The van der Waals surface area contributed by atoms with Crippen molar-refractivity contribution in [3.05, 3.63) is 49.5 Å². The number of nitrogens with one attached hydrogen (secondary N) is 2. The number of rotatable bonds is 3. The molecule has 0 atom stereocenters. The maximum Gasteiger partial charge on any atom is 0.137 e. The molecule has 0 aliphatic rings. The van der Waals surface area contributed by atoms with Crippen LogP contribution in [-0.4, -0.2) is 9.97 Å². The molecule has 2 rings (SSSR count). The van der Waals surface area contributed by atoms with Crippen molar-refractivity contribution in [1.29, 1.82) is 0 Å². The molecule has 0 spiro atoms. The predicted molar refractivity (Wildman–Crippen MR) is 59.1 cm³/mol. The van der Waals surface area contributed by atoms with E-state index in [1.807, 2.05) is 18.3 Å². The molecule has 0 saturated heterocycles. The van der Waals surface area contributed by atoms with E-state index >= 15 is 0 Å². The van der Waals surface area contributed by atoms with E-state index in [4.69, 9.17) is 0 Å². The molecule has 0 unspecified atom stereocenters. The summed E-state index contributed by atoms with van der Waals surface area (Å²) in [6.07, 6.45) is 5.29.